The van der Waals surface area contributed by atoms with Crippen molar-refractivity contribution in [2.24, 2.45) is 0 Å². The maximum Gasteiger partial charge on any atom is 0.112 e. The van der Waals surface area contributed by atoms with E-state index in [0.717, 1.165) is 42.2 Å². The Hall–Kier alpha value is -2.92. The summed E-state index contributed by atoms with van der Waals surface area (Å²) in [6.07, 6.45) is 3.81. The molecule has 1 fully saturated rings. The maximum atomic E-state index is 4.74. The number of aromatic nitrogens is 4. The summed E-state index contributed by atoms with van der Waals surface area (Å²) in [4.78, 5) is 10.7. The van der Waals surface area contributed by atoms with E-state index in [0.29, 0.717) is 5.92 Å². The predicted octanol–water partition coefficient (Wildman–Crippen LogP) is 3.35. The number of nitrogens with zero attached hydrogens (tertiary/aromatic N) is 4. The molecule has 1 aliphatic rings. The molecule has 0 bridgehead atoms. The van der Waals surface area contributed by atoms with Crippen LogP contribution in [0.4, 0.5) is 0 Å². The highest BCUT2D eigenvalue weighted by molar-refractivity contribution is 5.74. The highest BCUT2D eigenvalue weighted by Crippen LogP contribution is 2.29. The van der Waals surface area contributed by atoms with Gasteiger partial charge in [-0.05, 0) is 29.8 Å². The van der Waals surface area contributed by atoms with Gasteiger partial charge in [-0.2, -0.15) is 5.10 Å². The van der Waals surface area contributed by atoms with Gasteiger partial charge in [0.15, 0.2) is 0 Å². The van der Waals surface area contributed by atoms with Gasteiger partial charge in [-0.3, -0.25) is 4.90 Å². The normalized spacial score (nSPS) is 15.5. The number of rotatable bonds is 4. The van der Waals surface area contributed by atoms with Crippen LogP contribution in [0.5, 0.6) is 0 Å². The molecule has 0 atom stereocenters. The van der Waals surface area contributed by atoms with Crippen molar-refractivity contribution in [1.82, 2.24) is 24.6 Å². The number of H-pyrrole nitrogens is 1. The summed E-state index contributed by atoms with van der Waals surface area (Å²) in [6, 6.07) is 18.7. The van der Waals surface area contributed by atoms with Crippen LogP contribution in [0, 0.1) is 0 Å². The number of aromatic amines is 1. The van der Waals surface area contributed by atoms with E-state index in [9.17, 15) is 0 Å². The molecular formula is C20H19N5. The van der Waals surface area contributed by atoms with Gasteiger partial charge in [0.1, 0.15) is 5.82 Å². The number of fused-ring (bicyclic) bond motifs is 1. The summed E-state index contributed by atoms with van der Waals surface area (Å²) in [7, 11) is 0. The smallest absolute Gasteiger partial charge is 0.112 e. The predicted molar refractivity (Wildman–Crippen MR) is 97.7 cm³/mol. The average molecular weight is 329 g/mol. The molecule has 0 saturated carbocycles. The van der Waals surface area contributed by atoms with Crippen LogP contribution in [0.15, 0.2) is 67.0 Å². The number of hydrogen-bond donors (Lipinski definition) is 1. The van der Waals surface area contributed by atoms with Crippen molar-refractivity contribution in [3.05, 3.63) is 78.4 Å². The molecule has 2 aromatic heterocycles. The van der Waals surface area contributed by atoms with Crippen LogP contribution in [-0.2, 0) is 6.54 Å². The molecule has 3 heterocycles. The molecule has 5 rings (SSSR count). The van der Waals surface area contributed by atoms with Crippen LogP contribution in [-0.4, -0.2) is 37.7 Å². The number of para-hydroxylation sites is 3. The molecule has 5 heteroatoms. The minimum absolute atomic E-state index is 0.490. The van der Waals surface area contributed by atoms with Gasteiger partial charge in [-0.15, -0.1) is 0 Å². The molecule has 124 valence electrons. The fraction of sp³-hybridized carbons (Fsp3) is 0.200. The number of likely N-dealkylation sites (tertiary alicyclic amines) is 1. The van der Waals surface area contributed by atoms with Crippen molar-refractivity contribution >= 4 is 11.0 Å². The number of imidazole rings is 1. The first-order valence-corrected chi connectivity index (χ1v) is 8.62. The van der Waals surface area contributed by atoms with Crippen molar-refractivity contribution in [2.75, 3.05) is 13.1 Å². The molecule has 2 aromatic carbocycles. The van der Waals surface area contributed by atoms with Crippen LogP contribution in [0.2, 0.25) is 0 Å². The number of hydrogen-bond acceptors (Lipinski definition) is 3. The highest BCUT2D eigenvalue weighted by atomic mass is 15.3. The first-order chi connectivity index (χ1) is 12.4. The van der Waals surface area contributed by atoms with E-state index in [1.807, 2.05) is 35.3 Å². The quantitative estimate of drug-likeness (QED) is 0.625. The van der Waals surface area contributed by atoms with Gasteiger partial charge < -0.3 is 4.98 Å². The van der Waals surface area contributed by atoms with Gasteiger partial charge >= 0.3 is 0 Å². The lowest BCUT2D eigenvalue weighted by atomic mass is 9.98. The van der Waals surface area contributed by atoms with E-state index in [1.165, 1.54) is 5.56 Å². The molecule has 5 nitrogen and oxygen atoms in total. The Morgan fingerprint density at radius 1 is 1.00 bits per heavy atom. The molecule has 0 unspecified atom stereocenters. The zero-order valence-electron chi connectivity index (χ0n) is 13.8. The van der Waals surface area contributed by atoms with Crippen molar-refractivity contribution in [2.45, 2.75) is 12.5 Å². The standard InChI is InChI=1S/C20H19N5/c1-4-9-19(25-11-5-10-21-25)15(6-1)12-24-13-16(14-24)20-22-17-7-2-3-8-18(17)23-20/h1-11,16H,12-14H2,(H,22,23). The zero-order valence-corrected chi connectivity index (χ0v) is 13.8. The second kappa shape index (κ2) is 5.86. The first-order valence-electron chi connectivity index (χ1n) is 8.62. The molecule has 0 radical (unpaired) electrons. The fourth-order valence-electron chi connectivity index (χ4n) is 3.56. The molecule has 1 N–H and O–H groups in total. The zero-order chi connectivity index (χ0) is 16.6. The van der Waals surface area contributed by atoms with Crippen molar-refractivity contribution in [1.29, 1.82) is 0 Å². The second-order valence-corrected chi connectivity index (χ2v) is 6.61. The van der Waals surface area contributed by atoms with Crippen LogP contribution in [0.25, 0.3) is 16.7 Å². The molecular weight excluding hydrogens is 310 g/mol. The Bertz CT molecular complexity index is 963. The van der Waals surface area contributed by atoms with Crippen LogP contribution < -0.4 is 0 Å². The Morgan fingerprint density at radius 2 is 1.84 bits per heavy atom. The SMILES string of the molecule is c1ccc(-n2cccn2)c(CN2CC(c3nc4ccccc4[nH]3)C2)c1. The third-order valence-corrected chi connectivity index (χ3v) is 4.89. The van der Waals surface area contributed by atoms with Gasteiger partial charge in [0.05, 0.1) is 16.7 Å². The van der Waals surface area contributed by atoms with E-state index < -0.39 is 0 Å². The monoisotopic (exact) mass is 329 g/mol. The first kappa shape index (κ1) is 14.4. The molecule has 0 aliphatic carbocycles. The molecule has 25 heavy (non-hydrogen) atoms. The third-order valence-electron chi connectivity index (χ3n) is 4.89. The Labute approximate surface area is 145 Å². The number of nitrogens with one attached hydrogen (secondary N) is 1. The van der Waals surface area contributed by atoms with E-state index >= 15 is 0 Å². The molecule has 1 aliphatic heterocycles. The fourth-order valence-corrected chi connectivity index (χ4v) is 3.56. The van der Waals surface area contributed by atoms with Gasteiger partial charge in [0, 0.05) is 37.9 Å². The molecule has 0 spiro atoms. The second-order valence-electron chi connectivity index (χ2n) is 6.61. The van der Waals surface area contributed by atoms with Crippen LogP contribution in [0.3, 0.4) is 0 Å². The third kappa shape index (κ3) is 2.62. The van der Waals surface area contributed by atoms with Crippen LogP contribution >= 0.6 is 0 Å². The molecule has 4 aromatic rings. The van der Waals surface area contributed by atoms with Gasteiger partial charge in [-0.25, -0.2) is 9.67 Å². The van der Waals surface area contributed by atoms with Gasteiger partial charge in [0.2, 0.25) is 0 Å². The summed E-state index contributed by atoms with van der Waals surface area (Å²) < 4.78 is 1.94. The lowest BCUT2D eigenvalue weighted by Gasteiger charge is -2.38. The van der Waals surface area contributed by atoms with E-state index in [1.54, 1.807) is 0 Å². The van der Waals surface area contributed by atoms with Gasteiger partial charge in [-0.1, -0.05) is 30.3 Å². The molecule has 1 saturated heterocycles. The Balaban J connectivity index is 1.30. The van der Waals surface area contributed by atoms with Crippen molar-refractivity contribution < 1.29 is 0 Å². The summed E-state index contributed by atoms with van der Waals surface area (Å²) in [6.45, 7) is 3.01. The van der Waals surface area contributed by atoms with E-state index in [-0.39, 0.29) is 0 Å². The molecule has 0 amide bonds. The highest BCUT2D eigenvalue weighted by Gasteiger charge is 2.30. The van der Waals surface area contributed by atoms with E-state index in [4.69, 9.17) is 4.98 Å². The lowest BCUT2D eigenvalue weighted by molar-refractivity contribution is 0.135. The summed E-state index contributed by atoms with van der Waals surface area (Å²) in [5.74, 6) is 1.60. The largest absolute Gasteiger partial charge is 0.342 e. The lowest BCUT2D eigenvalue weighted by Crippen LogP contribution is -2.44. The van der Waals surface area contributed by atoms with E-state index in [2.05, 4.69) is 51.4 Å². The average Bonchev–Trinajstić information content (AvgIpc) is 3.27. The van der Waals surface area contributed by atoms with Crippen LogP contribution in [0.1, 0.15) is 17.3 Å². The Morgan fingerprint density at radius 3 is 2.68 bits per heavy atom. The minimum Gasteiger partial charge on any atom is -0.342 e. The number of benzene rings is 2. The topological polar surface area (TPSA) is 49.7 Å². The minimum atomic E-state index is 0.490. The van der Waals surface area contributed by atoms with Gasteiger partial charge in [0.25, 0.3) is 0 Å². The summed E-state index contributed by atoms with van der Waals surface area (Å²) in [5.41, 5.74) is 4.63. The summed E-state index contributed by atoms with van der Waals surface area (Å²) in [5, 5.41) is 4.37. The Kier molecular flexibility index (Phi) is 3.38. The summed E-state index contributed by atoms with van der Waals surface area (Å²) >= 11 is 0. The maximum absolute atomic E-state index is 4.74. The van der Waals surface area contributed by atoms with Crippen molar-refractivity contribution in [3.63, 3.8) is 0 Å². The van der Waals surface area contributed by atoms with Crippen molar-refractivity contribution in [3.8, 4) is 5.69 Å².